The van der Waals surface area contributed by atoms with E-state index in [1.807, 2.05) is 42.4 Å². The first-order valence-electron chi connectivity index (χ1n) is 7.73. The van der Waals surface area contributed by atoms with Gasteiger partial charge in [0.05, 0.1) is 24.3 Å². The molecule has 0 aliphatic carbocycles. The van der Waals surface area contributed by atoms with Crippen LogP contribution in [-0.2, 0) is 9.63 Å². The molecular weight excluding hydrogens is 284 g/mol. The Labute approximate surface area is 129 Å². The molecule has 3 aliphatic rings. The highest BCUT2D eigenvalue weighted by molar-refractivity contribution is 5.89. The van der Waals surface area contributed by atoms with Crippen LogP contribution in [0.3, 0.4) is 0 Å². The van der Waals surface area contributed by atoms with Crippen molar-refractivity contribution < 1.29 is 19.5 Å². The van der Waals surface area contributed by atoms with Crippen LogP contribution in [0.1, 0.15) is 12.8 Å². The van der Waals surface area contributed by atoms with E-state index in [4.69, 9.17) is 9.57 Å². The summed E-state index contributed by atoms with van der Waals surface area (Å²) in [6.45, 7) is 0.363. The summed E-state index contributed by atoms with van der Waals surface area (Å²) in [7, 11) is 1.89. The zero-order valence-corrected chi connectivity index (χ0v) is 12.5. The molecule has 0 spiro atoms. The maximum Gasteiger partial charge on any atom is 0.266 e. The molecule has 0 radical (unpaired) electrons. The van der Waals surface area contributed by atoms with Crippen LogP contribution in [-0.4, -0.2) is 65.0 Å². The third kappa shape index (κ3) is 2.18. The molecule has 0 saturated carbocycles. The third-order valence-corrected chi connectivity index (χ3v) is 4.83. The molecule has 6 heteroatoms. The molecule has 118 valence electrons. The van der Waals surface area contributed by atoms with Gasteiger partial charge in [-0.2, -0.15) is 5.06 Å². The molecule has 3 aliphatic heterocycles. The Morgan fingerprint density at radius 3 is 2.82 bits per heavy atom. The number of ether oxygens (including phenoxy) is 1. The van der Waals surface area contributed by atoms with Crippen LogP contribution in [0, 0.1) is 0 Å². The Bertz CT molecular complexity index is 567. The van der Waals surface area contributed by atoms with Crippen molar-refractivity contribution in [3.8, 4) is 5.75 Å². The number of para-hydroxylation sites is 1. The quantitative estimate of drug-likeness (QED) is 0.802. The fourth-order valence-corrected chi connectivity index (χ4v) is 3.80. The van der Waals surface area contributed by atoms with E-state index >= 15 is 0 Å². The molecule has 3 fully saturated rings. The number of hydrogen-bond donors (Lipinski definition) is 1. The molecule has 5 atom stereocenters. The number of nitrogens with zero attached hydrogens (tertiary/aromatic N) is 2. The highest BCUT2D eigenvalue weighted by Gasteiger charge is 2.57. The van der Waals surface area contributed by atoms with Gasteiger partial charge in [-0.15, -0.1) is 0 Å². The van der Waals surface area contributed by atoms with Gasteiger partial charge in [-0.3, -0.25) is 9.63 Å². The van der Waals surface area contributed by atoms with Gasteiger partial charge < -0.3 is 14.7 Å². The molecule has 1 amide bonds. The van der Waals surface area contributed by atoms with E-state index < -0.39 is 12.2 Å². The van der Waals surface area contributed by atoms with Crippen LogP contribution in [0.2, 0.25) is 0 Å². The Morgan fingerprint density at radius 2 is 2.05 bits per heavy atom. The second-order valence-electron chi connectivity index (χ2n) is 6.30. The Kier molecular flexibility index (Phi) is 3.32. The highest BCUT2D eigenvalue weighted by atomic mass is 16.7. The lowest BCUT2D eigenvalue weighted by atomic mass is 9.84. The predicted molar refractivity (Wildman–Crippen MR) is 78.0 cm³/mol. The Balaban J connectivity index is 1.58. The van der Waals surface area contributed by atoms with Crippen LogP contribution in [0.15, 0.2) is 30.3 Å². The Morgan fingerprint density at radius 1 is 1.27 bits per heavy atom. The zero-order chi connectivity index (χ0) is 15.3. The van der Waals surface area contributed by atoms with Gasteiger partial charge in [0.1, 0.15) is 5.75 Å². The zero-order valence-electron chi connectivity index (χ0n) is 12.5. The van der Waals surface area contributed by atoms with E-state index in [1.165, 1.54) is 0 Å². The summed E-state index contributed by atoms with van der Waals surface area (Å²) in [4.78, 5) is 19.9. The number of carbonyl (C=O) groups excluding carboxylic acids is 1. The van der Waals surface area contributed by atoms with Crippen molar-refractivity contribution in [1.82, 2.24) is 9.96 Å². The monoisotopic (exact) mass is 304 g/mol. The van der Waals surface area contributed by atoms with Gasteiger partial charge in [0.2, 0.25) is 0 Å². The van der Waals surface area contributed by atoms with Gasteiger partial charge in [0.25, 0.3) is 5.91 Å². The van der Waals surface area contributed by atoms with E-state index in [0.717, 1.165) is 6.42 Å². The van der Waals surface area contributed by atoms with Crippen molar-refractivity contribution in [2.24, 2.45) is 0 Å². The topological polar surface area (TPSA) is 62.2 Å². The molecule has 3 saturated heterocycles. The lowest BCUT2D eigenvalue weighted by molar-refractivity contribution is -0.184. The highest BCUT2D eigenvalue weighted by Crippen LogP contribution is 2.38. The molecule has 1 aromatic rings. The van der Waals surface area contributed by atoms with E-state index in [1.54, 1.807) is 4.90 Å². The SMILES string of the molecule is CN1O[C@H]2C[C@@H](O)CN3C(=O)[C@H](Oc4ccccc4)[C@@H]3[C@@H]1C2. The van der Waals surface area contributed by atoms with Crippen molar-refractivity contribution >= 4 is 5.91 Å². The summed E-state index contributed by atoms with van der Waals surface area (Å²) in [6, 6.07) is 9.44. The fraction of sp³-hybridized carbons (Fsp3) is 0.562. The second kappa shape index (κ2) is 5.22. The predicted octanol–water partition coefficient (Wildman–Crippen LogP) is 0.414. The number of carbonyl (C=O) groups is 1. The van der Waals surface area contributed by atoms with Gasteiger partial charge >= 0.3 is 0 Å². The van der Waals surface area contributed by atoms with Gasteiger partial charge in [-0.1, -0.05) is 18.2 Å². The minimum atomic E-state index is -0.540. The lowest BCUT2D eigenvalue weighted by Gasteiger charge is -2.50. The van der Waals surface area contributed by atoms with Gasteiger partial charge in [0.15, 0.2) is 6.10 Å². The number of aliphatic hydroxyl groups is 1. The van der Waals surface area contributed by atoms with E-state index in [-0.39, 0.29) is 24.1 Å². The maximum absolute atomic E-state index is 12.4. The molecule has 1 N–H and O–H groups in total. The van der Waals surface area contributed by atoms with Crippen molar-refractivity contribution in [3.05, 3.63) is 30.3 Å². The van der Waals surface area contributed by atoms with Crippen molar-refractivity contribution in [2.45, 2.75) is 43.2 Å². The number of hydrogen-bond acceptors (Lipinski definition) is 5. The third-order valence-electron chi connectivity index (χ3n) is 4.83. The number of likely N-dealkylation sites (N-methyl/N-ethyl adjacent to an activating group) is 1. The standard InChI is InChI=1S/C16H20N2O4/c1-17-13-8-12(22-17)7-10(19)9-18-14(13)15(16(18)20)21-11-5-3-2-4-6-11/h2-6,10,12-15,19H,7-9H2,1H3/t10-,12+,13+,14+,15-/m1/s1. The molecule has 0 unspecified atom stereocenters. The molecule has 3 heterocycles. The normalized spacial score (nSPS) is 38.0. The molecule has 6 nitrogen and oxygen atoms in total. The minimum Gasteiger partial charge on any atom is -0.478 e. The van der Waals surface area contributed by atoms with Crippen molar-refractivity contribution in [2.75, 3.05) is 13.6 Å². The van der Waals surface area contributed by atoms with E-state index in [2.05, 4.69) is 0 Å². The van der Waals surface area contributed by atoms with Crippen LogP contribution < -0.4 is 4.74 Å². The van der Waals surface area contributed by atoms with Crippen LogP contribution in [0.25, 0.3) is 0 Å². The summed E-state index contributed by atoms with van der Waals surface area (Å²) in [6.07, 6.45) is 0.377. The summed E-state index contributed by atoms with van der Waals surface area (Å²) < 4.78 is 5.91. The summed E-state index contributed by atoms with van der Waals surface area (Å²) in [5.74, 6) is 0.646. The second-order valence-corrected chi connectivity index (χ2v) is 6.30. The number of rotatable bonds is 2. The average molecular weight is 304 g/mol. The van der Waals surface area contributed by atoms with Crippen LogP contribution >= 0.6 is 0 Å². The molecule has 2 bridgehead atoms. The smallest absolute Gasteiger partial charge is 0.266 e. The number of aliphatic hydroxyl groups excluding tert-OH is 1. The summed E-state index contributed by atoms with van der Waals surface area (Å²) in [5.41, 5.74) is 0. The average Bonchev–Trinajstić information content (AvgIpc) is 2.86. The lowest BCUT2D eigenvalue weighted by Crippen LogP contribution is -2.73. The number of hydroxylamine groups is 2. The van der Waals surface area contributed by atoms with E-state index in [0.29, 0.717) is 18.7 Å². The van der Waals surface area contributed by atoms with Gasteiger partial charge in [-0.25, -0.2) is 0 Å². The summed E-state index contributed by atoms with van der Waals surface area (Å²) in [5, 5.41) is 11.9. The number of fused-ring (bicyclic) bond motifs is 4. The molecule has 22 heavy (non-hydrogen) atoms. The number of amides is 1. The minimum absolute atomic E-state index is 0.0280. The van der Waals surface area contributed by atoms with Crippen LogP contribution in [0.5, 0.6) is 5.75 Å². The molecule has 1 aromatic carbocycles. The fourth-order valence-electron chi connectivity index (χ4n) is 3.80. The number of benzene rings is 1. The van der Waals surface area contributed by atoms with E-state index in [9.17, 15) is 9.90 Å². The molecule has 4 rings (SSSR count). The first-order valence-corrected chi connectivity index (χ1v) is 7.73. The van der Waals surface area contributed by atoms with Crippen LogP contribution in [0.4, 0.5) is 0 Å². The van der Waals surface area contributed by atoms with Crippen molar-refractivity contribution in [1.29, 1.82) is 0 Å². The van der Waals surface area contributed by atoms with Gasteiger partial charge in [0, 0.05) is 20.0 Å². The number of β-lactam (4-membered cyclic amide) rings is 1. The van der Waals surface area contributed by atoms with Crippen molar-refractivity contribution in [3.63, 3.8) is 0 Å². The summed E-state index contributed by atoms with van der Waals surface area (Å²) >= 11 is 0. The molecular formula is C16H20N2O4. The largest absolute Gasteiger partial charge is 0.478 e. The first-order chi connectivity index (χ1) is 10.6. The maximum atomic E-state index is 12.4. The van der Waals surface area contributed by atoms with Gasteiger partial charge in [-0.05, 0) is 18.6 Å². The first kappa shape index (κ1) is 14.0. The Hall–Kier alpha value is -1.63. The molecule has 0 aromatic heterocycles.